The third-order valence-electron chi connectivity index (χ3n) is 6.48. The van der Waals surface area contributed by atoms with E-state index in [1.807, 2.05) is 31.2 Å². The van der Waals surface area contributed by atoms with Crippen molar-refractivity contribution < 1.29 is 23.8 Å². The van der Waals surface area contributed by atoms with E-state index in [0.717, 1.165) is 36.3 Å². The highest BCUT2D eigenvalue weighted by Crippen LogP contribution is 2.47. The molecule has 6 nitrogen and oxygen atoms in total. The van der Waals surface area contributed by atoms with Crippen molar-refractivity contribution in [3.63, 3.8) is 0 Å². The largest absolute Gasteiger partial charge is 0.497 e. The van der Waals surface area contributed by atoms with Crippen LogP contribution >= 0.6 is 0 Å². The molecule has 1 saturated heterocycles. The number of hydrogen-bond donors (Lipinski definition) is 0. The highest BCUT2D eigenvalue weighted by atomic mass is 16.6. The van der Waals surface area contributed by atoms with Gasteiger partial charge in [-0.05, 0) is 49.3 Å². The Morgan fingerprint density at radius 2 is 1.94 bits per heavy atom. The number of ether oxygens (including phenoxy) is 3. The summed E-state index contributed by atoms with van der Waals surface area (Å²) in [6.45, 7) is 6.97. The summed E-state index contributed by atoms with van der Waals surface area (Å²) in [5.41, 5.74) is 2.75. The highest BCUT2D eigenvalue weighted by Gasteiger charge is 2.47. The summed E-state index contributed by atoms with van der Waals surface area (Å²) in [7, 11) is 1.62. The first-order valence-electron chi connectivity index (χ1n) is 11.0. The van der Waals surface area contributed by atoms with E-state index in [2.05, 4.69) is 13.8 Å². The Balaban J connectivity index is 1.71. The van der Waals surface area contributed by atoms with Gasteiger partial charge in [-0.3, -0.25) is 9.79 Å². The maximum absolute atomic E-state index is 13.3. The molecule has 6 heteroatoms. The van der Waals surface area contributed by atoms with Crippen LogP contribution in [-0.2, 0) is 19.1 Å². The van der Waals surface area contributed by atoms with E-state index in [-0.39, 0.29) is 23.9 Å². The predicted molar refractivity (Wildman–Crippen MR) is 117 cm³/mol. The van der Waals surface area contributed by atoms with Gasteiger partial charge in [0.25, 0.3) is 0 Å². The zero-order chi connectivity index (χ0) is 22.2. The number of hydrogen-bond acceptors (Lipinski definition) is 6. The summed E-state index contributed by atoms with van der Waals surface area (Å²) in [5.74, 6) is -0.385. The Hall–Kier alpha value is -2.47. The van der Waals surface area contributed by atoms with Crippen LogP contribution in [0.3, 0.4) is 0 Å². The number of ketones is 1. The van der Waals surface area contributed by atoms with Crippen molar-refractivity contribution >= 4 is 17.5 Å². The first-order chi connectivity index (χ1) is 14.8. The summed E-state index contributed by atoms with van der Waals surface area (Å²) < 4.78 is 16.5. The molecule has 3 aliphatic rings. The molecule has 0 amide bonds. The Bertz CT molecular complexity index is 922. The fraction of sp³-hybridized carbons (Fsp3) is 0.560. The predicted octanol–water partition coefficient (Wildman–Crippen LogP) is 4.23. The van der Waals surface area contributed by atoms with Crippen LogP contribution in [0.15, 0.2) is 40.5 Å². The summed E-state index contributed by atoms with van der Waals surface area (Å²) >= 11 is 0. The molecule has 0 N–H and O–H groups in total. The standard InChI is InChI=1S/C25H31NO5/c1-15-21(24(28)31-14-18-6-5-11-30-18)22(16-7-9-17(29-4)10-8-16)23-19(26-15)12-25(2,3)13-20(23)27/h7-10,18,22-23H,5-6,11-14H2,1-4H3/t18-,22+,23+/m1/s1. The number of esters is 1. The highest BCUT2D eigenvalue weighted by molar-refractivity contribution is 6.12. The number of fused-ring (bicyclic) bond motifs is 1. The van der Waals surface area contributed by atoms with Gasteiger partial charge in [0.05, 0.1) is 24.7 Å². The fourth-order valence-electron chi connectivity index (χ4n) is 5.05. The van der Waals surface area contributed by atoms with Crippen LogP contribution in [-0.4, -0.2) is 43.9 Å². The molecule has 0 unspecified atom stereocenters. The maximum atomic E-state index is 13.3. The summed E-state index contributed by atoms with van der Waals surface area (Å²) in [4.78, 5) is 31.3. The zero-order valence-corrected chi connectivity index (χ0v) is 18.8. The number of allylic oxidation sites excluding steroid dienone is 1. The van der Waals surface area contributed by atoms with Crippen LogP contribution in [0.4, 0.5) is 0 Å². The molecular formula is C25H31NO5. The quantitative estimate of drug-likeness (QED) is 0.660. The van der Waals surface area contributed by atoms with Crippen molar-refractivity contribution in [1.82, 2.24) is 0 Å². The molecule has 1 aromatic rings. The lowest BCUT2D eigenvalue weighted by atomic mass is 9.63. The molecule has 0 aromatic heterocycles. The molecule has 0 spiro atoms. The van der Waals surface area contributed by atoms with Crippen molar-refractivity contribution in [2.45, 2.75) is 58.5 Å². The van der Waals surface area contributed by atoms with Crippen molar-refractivity contribution in [2.75, 3.05) is 20.3 Å². The minimum Gasteiger partial charge on any atom is -0.497 e. The molecule has 1 saturated carbocycles. The van der Waals surface area contributed by atoms with Crippen molar-refractivity contribution in [2.24, 2.45) is 16.3 Å². The van der Waals surface area contributed by atoms with Gasteiger partial charge in [-0.15, -0.1) is 0 Å². The Morgan fingerprint density at radius 3 is 2.58 bits per heavy atom. The van der Waals surface area contributed by atoms with Gasteiger partial charge in [0.2, 0.25) is 0 Å². The second-order valence-electron chi connectivity index (χ2n) is 9.55. The van der Waals surface area contributed by atoms with Crippen molar-refractivity contribution in [1.29, 1.82) is 0 Å². The molecule has 2 fully saturated rings. The summed E-state index contributed by atoms with van der Waals surface area (Å²) in [6, 6.07) is 7.59. The van der Waals surface area contributed by atoms with Crippen LogP contribution in [0, 0.1) is 11.3 Å². The smallest absolute Gasteiger partial charge is 0.336 e. The SMILES string of the molecule is COc1ccc([C@H]2C(C(=O)OC[C@H]3CCCO3)=C(C)N=C3CC(C)(C)CC(=O)[C@H]32)cc1. The minimum absolute atomic E-state index is 0.0518. The lowest BCUT2D eigenvalue weighted by molar-refractivity contribution is -0.142. The second kappa shape index (κ2) is 8.58. The van der Waals surface area contributed by atoms with E-state index >= 15 is 0 Å². The van der Waals surface area contributed by atoms with Gasteiger partial charge in [0.1, 0.15) is 18.1 Å². The van der Waals surface area contributed by atoms with Gasteiger partial charge < -0.3 is 14.2 Å². The van der Waals surface area contributed by atoms with E-state index in [1.54, 1.807) is 7.11 Å². The molecule has 166 valence electrons. The van der Waals surface area contributed by atoms with Gasteiger partial charge in [-0.25, -0.2) is 4.79 Å². The van der Waals surface area contributed by atoms with Gasteiger partial charge in [0.15, 0.2) is 0 Å². The minimum atomic E-state index is -0.435. The van der Waals surface area contributed by atoms with Crippen LogP contribution in [0.1, 0.15) is 57.9 Å². The number of Topliss-reactive ketones (excluding diaryl/α,β-unsaturated/α-hetero) is 1. The molecule has 31 heavy (non-hydrogen) atoms. The van der Waals surface area contributed by atoms with Crippen LogP contribution in [0.2, 0.25) is 0 Å². The topological polar surface area (TPSA) is 74.2 Å². The summed E-state index contributed by atoms with van der Waals surface area (Å²) in [5, 5.41) is 0. The van der Waals surface area contributed by atoms with E-state index < -0.39 is 17.8 Å². The molecule has 4 rings (SSSR count). The number of carbonyl (C=O) groups excluding carboxylic acids is 2. The number of rotatable bonds is 5. The van der Waals surface area contributed by atoms with Gasteiger partial charge in [0, 0.05) is 30.4 Å². The Kier molecular flexibility index (Phi) is 6.02. The van der Waals surface area contributed by atoms with Crippen LogP contribution in [0.25, 0.3) is 0 Å². The first-order valence-corrected chi connectivity index (χ1v) is 11.0. The normalized spacial score (nSPS) is 27.5. The Labute approximate surface area is 183 Å². The van der Waals surface area contributed by atoms with Crippen LogP contribution < -0.4 is 4.74 Å². The van der Waals surface area contributed by atoms with Gasteiger partial charge >= 0.3 is 5.97 Å². The molecular weight excluding hydrogens is 394 g/mol. The molecule has 1 aliphatic carbocycles. The number of nitrogens with zero attached hydrogens (tertiary/aromatic N) is 1. The third-order valence-corrected chi connectivity index (χ3v) is 6.48. The average molecular weight is 426 g/mol. The molecule has 1 aromatic carbocycles. The monoisotopic (exact) mass is 425 g/mol. The van der Waals surface area contributed by atoms with Gasteiger partial charge in [-0.1, -0.05) is 26.0 Å². The molecule has 2 aliphatic heterocycles. The third kappa shape index (κ3) is 4.45. The van der Waals surface area contributed by atoms with E-state index in [1.165, 1.54) is 0 Å². The number of aliphatic imine (C=N–C) groups is 1. The Morgan fingerprint density at radius 1 is 1.19 bits per heavy atom. The number of benzene rings is 1. The van der Waals surface area contributed by atoms with Gasteiger partial charge in [-0.2, -0.15) is 0 Å². The molecule has 3 atom stereocenters. The van der Waals surface area contributed by atoms with E-state index in [9.17, 15) is 9.59 Å². The number of methoxy groups -OCH3 is 1. The van der Waals surface area contributed by atoms with Crippen molar-refractivity contribution in [3.05, 3.63) is 41.1 Å². The molecule has 0 bridgehead atoms. The molecule has 2 heterocycles. The number of carbonyl (C=O) groups is 2. The maximum Gasteiger partial charge on any atom is 0.336 e. The van der Waals surface area contributed by atoms with E-state index in [0.29, 0.717) is 24.3 Å². The summed E-state index contributed by atoms with van der Waals surface area (Å²) in [6.07, 6.45) is 3.04. The average Bonchev–Trinajstić information content (AvgIpc) is 3.24. The van der Waals surface area contributed by atoms with Crippen molar-refractivity contribution in [3.8, 4) is 5.75 Å². The fourth-order valence-corrected chi connectivity index (χ4v) is 5.05. The first kappa shape index (κ1) is 21.8. The zero-order valence-electron chi connectivity index (χ0n) is 18.8. The molecule has 0 radical (unpaired) electrons. The second-order valence-corrected chi connectivity index (χ2v) is 9.55. The van der Waals surface area contributed by atoms with Crippen LogP contribution in [0.5, 0.6) is 5.75 Å². The lowest BCUT2D eigenvalue weighted by Crippen LogP contribution is -2.44. The lowest BCUT2D eigenvalue weighted by Gasteiger charge is -2.41. The van der Waals surface area contributed by atoms with E-state index in [4.69, 9.17) is 19.2 Å².